The molecule has 0 heterocycles. The maximum Gasteiger partial charge on any atom is 0.319 e. The average molecular weight is 356 g/mol. The van der Waals surface area contributed by atoms with Gasteiger partial charge in [-0.3, -0.25) is 0 Å². The van der Waals surface area contributed by atoms with E-state index in [0.29, 0.717) is 23.7 Å². The van der Waals surface area contributed by atoms with Crippen LogP contribution in [0.5, 0.6) is 0 Å². The third-order valence-electron chi connectivity index (χ3n) is 4.10. The summed E-state index contributed by atoms with van der Waals surface area (Å²) in [5.74, 6) is 0.467. The summed E-state index contributed by atoms with van der Waals surface area (Å²) in [6, 6.07) is 4.52. The number of aryl methyl sites for hydroxylation is 1. The molecule has 0 saturated heterocycles. The van der Waals surface area contributed by atoms with Crippen molar-refractivity contribution in [1.29, 1.82) is 0 Å². The van der Waals surface area contributed by atoms with Crippen LogP contribution in [0.15, 0.2) is 23.1 Å². The van der Waals surface area contributed by atoms with Gasteiger partial charge in [0.1, 0.15) is 0 Å². The largest absolute Gasteiger partial charge is 0.338 e. The Balaban J connectivity index is 2.69. The molecule has 0 aliphatic heterocycles. The van der Waals surface area contributed by atoms with Crippen LogP contribution in [0.4, 0.5) is 10.5 Å². The molecule has 136 valence electrons. The van der Waals surface area contributed by atoms with Gasteiger partial charge in [0.25, 0.3) is 0 Å². The highest BCUT2D eigenvalue weighted by molar-refractivity contribution is 7.89. The average Bonchev–Trinajstić information content (AvgIpc) is 2.56. The van der Waals surface area contributed by atoms with Gasteiger partial charge in [-0.05, 0) is 44.0 Å². The van der Waals surface area contributed by atoms with E-state index < -0.39 is 10.0 Å². The topological polar surface area (TPSA) is 87.3 Å². The summed E-state index contributed by atoms with van der Waals surface area (Å²) in [4.78, 5) is 12.2. The Bertz CT molecular complexity index is 644. The molecule has 0 aromatic heterocycles. The van der Waals surface area contributed by atoms with Crippen molar-refractivity contribution in [3.05, 3.63) is 23.8 Å². The minimum absolute atomic E-state index is 0.164. The Morgan fingerprint density at radius 3 is 2.54 bits per heavy atom. The predicted octanol–water partition coefficient (Wildman–Crippen LogP) is 3.24. The molecule has 0 spiro atoms. The van der Waals surface area contributed by atoms with Gasteiger partial charge in [-0.2, -0.15) is 0 Å². The van der Waals surface area contributed by atoms with Crippen LogP contribution >= 0.6 is 0 Å². The van der Waals surface area contributed by atoms with Crippen LogP contribution < -0.4 is 15.4 Å². The molecule has 1 aromatic carbocycles. The van der Waals surface area contributed by atoms with Crippen molar-refractivity contribution < 1.29 is 13.2 Å². The van der Waals surface area contributed by atoms with E-state index in [0.717, 1.165) is 25.7 Å². The van der Waals surface area contributed by atoms with Crippen molar-refractivity contribution >= 4 is 21.7 Å². The number of benzene rings is 1. The first-order chi connectivity index (χ1) is 11.3. The highest BCUT2D eigenvalue weighted by Crippen LogP contribution is 2.20. The molecule has 0 aliphatic rings. The fraction of sp³-hybridized carbons (Fsp3) is 0.588. The van der Waals surface area contributed by atoms with Crippen LogP contribution in [-0.2, 0) is 10.0 Å². The molecular formula is C17H29N3O3S. The first-order valence-corrected chi connectivity index (χ1v) is 9.91. The number of sulfonamides is 1. The van der Waals surface area contributed by atoms with Crippen LogP contribution in [0.3, 0.4) is 0 Å². The van der Waals surface area contributed by atoms with E-state index in [4.69, 9.17) is 0 Å². The van der Waals surface area contributed by atoms with Crippen molar-refractivity contribution in [2.45, 2.75) is 51.3 Å². The van der Waals surface area contributed by atoms with E-state index in [-0.39, 0.29) is 10.9 Å². The lowest BCUT2D eigenvalue weighted by atomic mass is 9.99. The van der Waals surface area contributed by atoms with Crippen molar-refractivity contribution in [2.75, 3.05) is 18.9 Å². The van der Waals surface area contributed by atoms with Gasteiger partial charge in [-0.1, -0.05) is 39.2 Å². The maximum absolute atomic E-state index is 12.0. The molecule has 1 aromatic rings. The highest BCUT2D eigenvalue weighted by Gasteiger charge is 2.16. The standard InChI is InChI=1S/C17H29N3O3S/c1-5-7-8-14(6-2)12-19-17(21)20-15-10-9-13(3)16(11-15)24(22,23)18-4/h9-11,14,18H,5-8,12H2,1-4H3,(H2,19,20,21). The first kappa shape index (κ1) is 20.4. The van der Waals surface area contributed by atoms with Gasteiger partial charge in [0.2, 0.25) is 10.0 Å². The smallest absolute Gasteiger partial charge is 0.319 e. The Kier molecular flexibility index (Phi) is 8.21. The fourth-order valence-electron chi connectivity index (χ4n) is 2.43. The number of amides is 2. The molecule has 0 saturated carbocycles. The van der Waals surface area contributed by atoms with Crippen LogP contribution in [-0.4, -0.2) is 28.0 Å². The minimum atomic E-state index is -3.55. The zero-order valence-corrected chi connectivity index (χ0v) is 15.8. The van der Waals surface area contributed by atoms with Crippen molar-refractivity contribution in [3.8, 4) is 0 Å². The fourth-order valence-corrected chi connectivity index (χ4v) is 3.43. The quantitative estimate of drug-likeness (QED) is 0.635. The third-order valence-corrected chi connectivity index (χ3v) is 5.66. The highest BCUT2D eigenvalue weighted by atomic mass is 32.2. The molecule has 0 fully saturated rings. The second-order valence-corrected chi connectivity index (χ2v) is 7.79. The number of rotatable bonds is 9. The lowest BCUT2D eigenvalue weighted by Crippen LogP contribution is -2.33. The lowest BCUT2D eigenvalue weighted by molar-refractivity contribution is 0.249. The molecule has 24 heavy (non-hydrogen) atoms. The maximum atomic E-state index is 12.0. The third kappa shape index (κ3) is 6.13. The molecule has 2 amide bonds. The summed E-state index contributed by atoms with van der Waals surface area (Å²) in [5.41, 5.74) is 1.08. The van der Waals surface area contributed by atoms with Gasteiger partial charge in [-0.15, -0.1) is 0 Å². The summed E-state index contributed by atoms with van der Waals surface area (Å²) in [7, 11) is -2.18. The second-order valence-electron chi connectivity index (χ2n) is 5.94. The monoisotopic (exact) mass is 355 g/mol. The normalized spacial score (nSPS) is 12.7. The number of unbranched alkanes of at least 4 members (excludes halogenated alkanes) is 1. The van der Waals surface area contributed by atoms with E-state index in [9.17, 15) is 13.2 Å². The van der Waals surface area contributed by atoms with Crippen molar-refractivity contribution in [2.24, 2.45) is 5.92 Å². The number of urea groups is 1. The van der Waals surface area contributed by atoms with E-state index in [1.54, 1.807) is 19.1 Å². The Hall–Kier alpha value is -1.60. The van der Waals surface area contributed by atoms with Crippen LogP contribution in [0.1, 0.15) is 45.1 Å². The number of nitrogens with one attached hydrogen (secondary N) is 3. The van der Waals surface area contributed by atoms with E-state index >= 15 is 0 Å². The zero-order chi connectivity index (χ0) is 18.2. The van der Waals surface area contributed by atoms with Gasteiger partial charge >= 0.3 is 6.03 Å². The van der Waals surface area contributed by atoms with Gasteiger partial charge in [-0.25, -0.2) is 17.9 Å². The Morgan fingerprint density at radius 2 is 1.96 bits per heavy atom. The molecular weight excluding hydrogens is 326 g/mol. The molecule has 0 bridgehead atoms. The number of hydrogen-bond acceptors (Lipinski definition) is 3. The van der Waals surface area contributed by atoms with Gasteiger partial charge < -0.3 is 10.6 Å². The number of hydrogen-bond donors (Lipinski definition) is 3. The van der Waals surface area contributed by atoms with Gasteiger partial charge in [0.05, 0.1) is 4.90 Å². The minimum Gasteiger partial charge on any atom is -0.338 e. The number of anilines is 1. The van der Waals surface area contributed by atoms with E-state index in [2.05, 4.69) is 29.2 Å². The summed E-state index contributed by atoms with van der Waals surface area (Å²) >= 11 is 0. The molecule has 0 radical (unpaired) electrons. The zero-order valence-electron chi connectivity index (χ0n) is 15.0. The van der Waals surface area contributed by atoms with Crippen LogP contribution in [0.25, 0.3) is 0 Å². The number of carbonyl (C=O) groups is 1. The molecule has 1 rings (SSSR count). The van der Waals surface area contributed by atoms with Gasteiger partial charge in [0, 0.05) is 12.2 Å². The van der Waals surface area contributed by atoms with Crippen molar-refractivity contribution in [3.63, 3.8) is 0 Å². The predicted molar refractivity (Wildman–Crippen MR) is 97.8 cm³/mol. The van der Waals surface area contributed by atoms with Gasteiger partial charge in [0.15, 0.2) is 0 Å². The van der Waals surface area contributed by atoms with Crippen LogP contribution in [0.2, 0.25) is 0 Å². The summed E-state index contributed by atoms with van der Waals surface area (Å²) in [6.45, 7) is 6.61. The van der Waals surface area contributed by atoms with E-state index in [1.807, 2.05) is 0 Å². The summed E-state index contributed by atoms with van der Waals surface area (Å²) in [5, 5.41) is 5.56. The Labute approximate surface area is 145 Å². The summed E-state index contributed by atoms with van der Waals surface area (Å²) < 4.78 is 26.2. The molecule has 6 nitrogen and oxygen atoms in total. The SMILES string of the molecule is CCCCC(CC)CNC(=O)Nc1ccc(C)c(S(=O)(=O)NC)c1. The van der Waals surface area contributed by atoms with E-state index in [1.165, 1.54) is 13.1 Å². The molecule has 1 unspecified atom stereocenters. The van der Waals surface area contributed by atoms with Crippen LogP contribution in [0, 0.1) is 12.8 Å². The number of carbonyl (C=O) groups excluding carboxylic acids is 1. The molecule has 3 N–H and O–H groups in total. The Morgan fingerprint density at radius 1 is 1.25 bits per heavy atom. The lowest BCUT2D eigenvalue weighted by Gasteiger charge is -2.16. The second kappa shape index (κ2) is 9.64. The summed E-state index contributed by atoms with van der Waals surface area (Å²) in [6.07, 6.45) is 4.43. The molecule has 7 heteroatoms. The van der Waals surface area contributed by atoms with Crippen molar-refractivity contribution in [1.82, 2.24) is 10.0 Å². The first-order valence-electron chi connectivity index (χ1n) is 8.43. The molecule has 1 atom stereocenters. The molecule has 0 aliphatic carbocycles.